The van der Waals surface area contributed by atoms with Crippen LogP contribution in [0.5, 0.6) is 0 Å². The summed E-state index contributed by atoms with van der Waals surface area (Å²) in [4.78, 5) is 0. The molecule has 94 valence electrons. The van der Waals surface area contributed by atoms with E-state index in [4.69, 9.17) is 4.74 Å². The van der Waals surface area contributed by atoms with E-state index in [-0.39, 0.29) is 0 Å². The maximum atomic E-state index is 5.85. The van der Waals surface area contributed by atoms with Gasteiger partial charge in [0.2, 0.25) is 0 Å². The number of ether oxygens (including phenoxy) is 1. The molecule has 1 aromatic rings. The molecule has 1 fully saturated rings. The van der Waals surface area contributed by atoms with Gasteiger partial charge in [0.15, 0.2) is 0 Å². The lowest BCUT2D eigenvalue weighted by molar-refractivity contribution is 0.0786. The van der Waals surface area contributed by atoms with Gasteiger partial charge in [0.05, 0.1) is 12.1 Å². The molecule has 0 spiro atoms. The second-order valence-electron chi connectivity index (χ2n) is 4.88. The van der Waals surface area contributed by atoms with Crippen LogP contribution >= 0.6 is 0 Å². The van der Waals surface area contributed by atoms with E-state index in [0.29, 0.717) is 12.1 Å². The molecule has 2 rings (SSSR count). The number of nitrogens with one attached hydrogen (secondary N) is 1. The van der Waals surface area contributed by atoms with Gasteiger partial charge in [0.25, 0.3) is 0 Å². The summed E-state index contributed by atoms with van der Waals surface area (Å²) >= 11 is 0. The Kier molecular flexibility index (Phi) is 4.19. The molecule has 2 unspecified atom stereocenters. The number of likely N-dealkylation sites (N-methyl/N-ethyl adjacent to an activating group) is 1. The fraction of sp³-hybridized carbons (Fsp3) is 0.600. The highest BCUT2D eigenvalue weighted by molar-refractivity contribution is 5.36. The van der Waals surface area contributed by atoms with Crippen molar-refractivity contribution >= 4 is 0 Å². The number of aryl methyl sites for hydroxylation is 1. The summed E-state index contributed by atoms with van der Waals surface area (Å²) in [5, 5.41) is 3.58. The van der Waals surface area contributed by atoms with Gasteiger partial charge in [-0.25, -0.2) is 0 Å². The zero-order chi connectivity index (χ0) is 12.3. The topological polar surface area (TPSA) is 21.3 Å². The molecule has 0 aliphatic carbocycles. The molecule has 2 heteroatoms. The molecular weight excluding hydrogens is 210 g/mol. The standard InChI is InChI=1S/C15H23NO/c1-4-16-15(14-9-6-10-17-14)13-8-5-7-11(2)12(13)3/h5,7-8,14-16H,4,6,9-10H2,1-3H3. The van der Waals surface area contributed by atoms with Gasteiger partial charge >= 0.3 is 0 Å². The van der Waals surface area contributed by atoms with E-state index in [9.17, 15) is 0 Å². The Morgan fingerprint density at radius 3 is 2.88 bits per heavy atom. The molecule has 0 radical (unpaired) electrons. The Bertz CT molecular complexity index is 369. The molecule has 2 nitrogen and oxygen atoms in total. The third-order valence-electron chi connectivity index (χ3n) is 3.74. The van der Waals surface area contributed by atoms with Gasteiger partial charge in [-0.15, -0.1) is 0 Å². The van der Waals surface area contributed by atoms with Crippen molar-refractivity contribution in [1.82, 2.24) is 5.32 Å². The van der Waals surface area contributed by atoms with Crippen molar-refractivity contribution in [2.75, 3.05) is 13.2 Å². The first-order chi connectivity index (χ1) is 8.24. The summed E-state index contributed by atoms with van der Waals surface area (Å²) in [5.41, 5.74) is 4.16. The Morgan fingerprint density at radius 1 is 1.41 bits per heavy atom. The molecular formula is C15H23NO. The van der Waals surface area contributed by atoms with Crippen LogP contribution < -0.4 is 5.32 Å². The van der Waals surface area contributed by atoms with Gasteiger partial charge in [-0.2, -0.15) is 0 Å². The summed E-state index contributed by atoms with van der Waals surface area (Å²) in [6.07, 6.45) is 2.71. The number of benzene rings is 1. The number of hydrogen-bond donors (Lipinski definition) is 1. The summed E-state index contributed by atoms with van der Waals surface area (Å²) in [6, 6.07) is 6.91. The van der Waals surface area contributed by atoms with Gasteiger partial charge in [-0.1, -0.05) is 25.1 Å². The average Bonchev–Trinajstić information content (AvgIpc) is 2.84. The first-order valence-electron chi connectivity index (χ1n) is 6.65. The molecule has 0 aromatic heterocycles. The smallest absolute Gasteiger partial charge is 0.0770 e. The molecule has 0 bridgehead atoms. The Morgan fingerprint density at radius 2 is 2.24 bits per heavy atom. The van der Waals surface area contributed by atoms with E-state index in [1.165, 1.54) is 29.5 Å². The predicted molar refractivity (Wildman–Crippen MR) is 71.3 cm³/mol. The maximum absolute atomic E-state index is 5.85. The monoisotopic (exact) mass is 233 g/mol. The highest BCUT2D eigenvalue weighted by Gasteiger charge is 2.27. The first-order valence-corrected chi connectivity index (χ1v) is 6.65. The van der Waals surface area contributed by atoms with E-state index < -0.39 is 0 Å². The number of rotatable bonds is 4. The second-order valence-corrected chi connectivity index (χ2v) is 4.88. The highest BCUT2D eigenvalue weighted by atomic mass is 16.5. The molecule has 1 N–H and O–H groups in total. The molecule has 0 saturated carbocycles. The lowest BCUT2D eigenvalue weighted by Crippen LogP contribution is -2.32. The minimum atomic E-state index is 0.343. The fourth-order valence-electron chi connectivity index (χ4n) is 2.64. The predicted octanol–water partition coefficient (Wildman–Crippen LogP) is 3.13. The van der Waals surface area contributed by atoms with Crippen molar-refractivity contribution in [3.8, 4) is 0 Å². The Hall–Kier alpha value is -0.860. The lowest BCUT2D eigenvalue weighted by atomic mass is 9.93. The third kappa shape index (κ3) is 2.70. The van der Waals surface area contributed by atoms with Crippen LogP contribution in [0.2, 0.25) is 0 Å². The van der Waals surface area contributed by atoms with E-state index in [1.54, 1.807) is 0 Å². The first kappa shape index (κ1) is 12.6. The summed E-state index contributed by atoms with van der Waals surface area (Å²) in [5.74, 6) is 0. The Balaban J connectivity index is 2.27. The second kappa shape index (κ2) is 5.65. The van der Waals surface area contributed by atoms with Crippen molar-refractivity contribution in [3.63, 3.8) is 0 Å². The normalized spacial score (nSPS) is 21.7. The van der Waals surface area contributed by atoms with Gasteiger partial charge in [0.1, 0.15) is 0 Å². The van der Waals surface area contributed by atoms with E-state index in [1.807, 2.05) is 0 Å². The SMILES string of the molecule is CCNC(c1cccc(C)c1C)C1CCCO1. The van der Waals surface area contributed by atoms with Gasteiger partial charge < -0.3 is 10.1 Å². The van der Waals surface area contributed by atoms with Crippen molar-refractivity contribution in [2.45, 2.75) is 45.8 Å². The van der Waals surface area contributed by atoms with E-state index >= 15 is 0 Å². The molecule has 1 heterocycles. The fourth-order valence-corrected chi connectivity index (χ4v) is 2.64. The van der Waals surface area contributed by atoms with Crippen LogP contribution in [-0.4, -0.2) is 19.3 Å². The molecule has 1 aromatic carbocycles. The van der Waals surface area contributed by atoms with Crippen LogP contribution in [0, 0.1) is 13.8 Å². The van der Waals surface area contributed by atoms with Gasteiger partial charge in [0, 0.05) is 6.61 Å². The minimum Gasteiger partial charge on any atom is -0.376 e. The van der Waals surface area contributed by atoms with Crippen molar-refractivity contribution in [1.29, 1.82) is 0 Å². The van der Waals surface area contributed by atoms with Gasteiger partial charge in [-0.05, 0) is 49.9 Å². The zero-order valence-electron chi connectivity index (χ0n) is 11.1. The maximum Gasteiger partial charge on any atom is 0.0770 e. The Labute approximate surface area is 104 Å². The van der Waals surface area contributed by atoms with Crippen LogP contribution in [0.4, 0.5) is 0 Å². The minimum absolute atomic E-state index is 0.343. The van der Waals surface area contributed by atoms with Crippen molar-refractivity contribution in [2.24, 2.45) is 0 Å². The third-order valence-corrected chi connectivity index (χ3v) is 3.74. The molecule has 1 saturated heterocycles. The van der Waals surface area contributed by atoms with E-state index in [0.717, 1.165) is 13.2 Å². The van der Waals surface area contributed by atoms with Crippen LogP contribution in [0.15, 0.2) is 18.2 Å². The molecule has 2 atom stereocenters. The van der Waals surface area contributed by atoms with Crippen LogP contribution in [-0.2, 0) is 4.74 Å². The highest BCUT2D eigenvalue weighted by Crippen LogP contribution is 2.29. The van der Waals surface area contributed by atoms with E-state index in [2.05, 4.69) is 44.3 Å². The average molecular weight is 233 g/mol. The van der Waals surface area contributed by atoms with Crippen molar-refractivity contribution < 1.29 is 4.74 Å². The number of hydrogen-bond acceptors (Lipinski definition) is 2. The summed E-state index contributed by atoms with van der Waals surface area (Å²) < 4.78 is 5.85. The van der Waals surface area contributed by atoms with Crippen LogP contribution in [0.3, 0.4) is 0 Å². The van der Waals surface area contributed by atoms with Crippen molar-refractivity contribution in [3.05, 3.63) is 34.9 Å². The van der Waals surface area contributed by atoms with Crippen LogP contribution in [0.1, 0.15) is 42.5 Å². The van der Waals surface area contributed by atoms with Gasteiger partial charge in [-0.3, -0.25) is 0 Å². The largest absolute Gasteiger partial charge is 0.376 e. The summed E-state index contributed by atoms with van der Waals surface area (Å²) in [6.45, 7) is 8.45. The zero-order valence-corrected chi connectivity index (χ0v) is 11.1. The summed E-state index contributed by atoms with van der Waals surface area (Å²) in [7, 11) is 0. The molecule has 0 amide bonds. The molecule has 1 aliphatic rings. The lowest BCUT2D eigenvalue weighted by Gasteiger charge is -2.26. The molecule has 17 heavy (non-hydrogen) atoms. The quantitative estimate of drug-likeness (QED) is 0.862. The molecule has 1 aliphatic heterocycles. The van der Waals surface area contributed by atoms with Crippen LogP contribution in [0.25, 0.3) is 0 Å².